The van der Waals surface area contributed by atoms with Crippen molar-refractivity contribution in [2.24, 2.45) is 11.8 Å². The molecule has 0 saturated heterocycles. The first-order valence-corrected chi connectivity index (χ1v) is 3.25. The SMILES string of the molecule is CC(C)CC(C#N)C(F)F. The van der Waals surface area contributed by atoms with Crippen LogP contribution in [-0.2, 0) is 0 Å². The fraction of sp³-hybridized carbons (Fsp3) is 0.857. The van der Waals surface area contributed by atoms with Crippen LogP contribution in [0.15, 0.2) is 0 Å². The fourth-order valence-electron chi connectivity index (χ4n) is 0.720. The summed E-state index contributed by atoms with van der Waals surface area (Å²) in [7, 11) is 0. The van der Waals surface area contributed by atoms with E-state index in [2.05, 4.69) is 0 Å². The van der Waals surface area contributed by atoms with Gasteiger partial charge in [0.1, 0.15) is 5.92 Å². The van der Waals surface area contributed by atoms with Gasteiger partial charge in [0.2, 0.25) is 0 Å². The van der Waals surface area contributed by atoms with Crippen molar-refractivity contribution in [1.29, 1.82) is 5.26 Å². The molecule has 1 atom stereocenters. The van der Waals surface area contributed by atoms with Crippen molar-refractivity contribution in [2.45, 2.75) is 26.7 Å². The molecule has 0 fully saturated rings. The summed E-state index contributed by atoms with van der Waals surface area (Å²) >= 11 is 0. The predicted octanol–water partition coefficient (Wildman–Crippen LogP) is 2.44. The molecule has 0 bridgehead atoms. The molecule has 0 aliphatic rings. The second kappa shape index (κ2) is 4.21. The lowest BCUT2D eigenvalue weighted by atomic mass is 9.99. The Hall–Kier alpha value is -0.650. The Kier molecular flexibility index (Phi) is 3.94. The van der Waals surface area contributed by atoms with Crippen LogP contribution in [0.3, 0.4) is 0 Å². The van der Waals surface area contributed by atoms with E-state index in [0.717, 1.165) is 0 Å². The number of halogens is 2. The molecule has 0 amide bonds. The highest BCUT2D eigenvalue weighted by atomic mass is 19.3. The van der Waals surface area contributed by atoms with Gasteiger partial charge in [0.25, 0.3) is 6.43 Å². The smallest absolute Gasteiger partial charge is 0.209 e. The lowest BCUT2D eigenvalue weighted by molar-refractivity contribution is 0.0931. The largest absolute Gasteiger partial charge is 0.254 e. The molecule has 0 heterocycles. The zero-order valence-corrected chi connectivity index (χ0v) is 6.14. The molecule has 0 saturated carbocycles. The molecule has 0 aliphatic heterocycles. The van der Waals surface area contributed by atoms with Crippen molar-refractivity contribution in [2.75, 3.05) is 0 Å². The standard InChI is InChI=1S/C7H11F2N/c1-5(2)3-6(4-10)7(8)9/h5-7H,3H2,1-2H3. The second-order valence-electron chi connectivity index (χ2n) is 2.70. The third-order valence-corrected chi connectivity index (χ3v) is 1.20. The molecule has 0 aromatic rings. The van der Waals surface area contributed by atoms with E-state index in [0.29, 0.717) is 0 Å². The van der Waals surface area contributed by atoms with Gasteiger partial charge in [0.05, 0.1) is 6.07 Å². The van der Waals surface area contributed by atoms with Gasteiger partial charge in [-0.2, -0.15) is 5.26 Å². The van der Waals surface area contributed by atoms with Crippen LogP contribution < -0.4 is 0 Å². The third-order valence-electron chi connectivity index (χ3n) is 1.20. The summed E-state index contributed by atoms with van der Waals surface area (Å²) in [6.45, 7) is 3.65. The Labute approximate surface area is 59.7 Å². The van der Waals surface area contributed by atoms with Crippen LogP contribution in [0.4, 0.5) is 8.78 Å². The highest BCUT2D eigenvalue weighted by Gasteiger charge is 2.20. The van der Waals surface area contributed by atoms with Gasteiger partial charge in [-0.25, -0.2) is 8.78 Å². The molecule has 58 valence electrons. The highest BCUT2D eigenvalue weighted by molar-refractivity contribution is 4.84. The maximum absolute atomic E-state index is 11.8. The topological polar surface area (TPSA) is 23.8 Å². The van der Waals surface area contributed by atoms with E-state index in [1.165, 1.54) is 0 Å². The minimum absolute atomic E-state index is 0.165. The molecule has 0 aromatic carbocycles. The van der Waals surface area contributed by atoms with E-state index in [9.17, 15) is 8.78 Å². The minimum atomic E-state index is -2.49. The van der Waals surface area contributed by atoms with Crippen molar-refractivity contribution in [3.63, 3.8) is 0 Å². The quantitative estimate of drug-likeness (QED) is 0.601. The number of hydrogen-bond donors (Lipinski definition) is 0. The van der Waals surface area contributed by atoms with Crippen LogP contribution in [0.5, 0.6) is 0 Å². The van der Waals surface area contributed by atoms with E-state index < -0.39 is 12.3 Å². The van der Waals surface area contributed by atoms with Crippen molar-refractivity contribution in [1.82, 2.24) is 0 Å². The summed E-state index contributed by atoms with van der Waals surface area (Å²) in [6, 6.07) is 1.58. The Morgan fingerprint density at radius 1 is 1.40 bits per heavy atom. The molecule has 0 aromatic heterocycles. The molecular formula is C7H11F2N. The number of rotatable bonds is 3. The average molecular weight is 147 g/mol. The molecule has 1 nitrogen and oxygen atoms in total. The predicted molar refractivity (Wildman–Crippen MR) is 34.6 cm³/mol. The zero-order chi connectivity index (χ0) is 8.15. The van der Waals surface area contributed by atoms with Crippen molar-refractivity contribution in [3.8, 4) is 6.07 Å². The Bertz CT molecular complexity index is 126. The Morgan fingerprint density at radius 3 is 2.00 bits per heavy atom. The summed E-state index contributed by atoms with van der Waals surface area (Å²) in [4.78, 5) is 0. The number of hydrogen-bond acceptors (Lipinski definition) is 1. The molecule has 0 aliphatic carbocycles. The Balaban J connectivity index is 3.75. The van der Waals surface area contributed by atoms with Crippen molar-refractivity contribution < 1.29 is 8.78 Å². The van der Waals surface area contributed by atoms with Gasteiger partial charge in [-0.05, 0) is 12.3 Å². The molecule has 0 N–H and O–H groups in total. The van der Waals surface area contributed by atoms with Crippen LogP contribution in [0, 0.1) is 23.2 Å². The number of alkyl halides is 2. The van der Waals surface area contributed by atoms with Crippen LogP contribution >= 0.6 is 0 Å². The number of nitriles is 1. The fourth-order valence-corrected chi connectivity index (χ4v) is 0.720. The molecule has 0 radical (unpaired) electrons. The first-order valence-electron chi connectivity index (χ1n) is 3.25. The number of nitrogens with zero attached hydrogens (tertiary/aromatic N) is 1. The van der Waals surface area contributed by atoms with Crippen molar-refractivity contribution >= 4 is 0 Å². The van der Waals surface area contributed by atoms with Crippen LogP contribution in [0.2, 0.25) is 0 Å². The van der Waals surface area contributed by atoms with Crippen molar-refractivity contribution in [3.05, 3.63) is 0 Å². The van der Waals surface area contributed by atoms with Gasteiger partial charge < -0.3 is 0 Å². The van der Waals surface area contributed by atoms with Gasteiger partial charge in [0.15, 0.2) is 0 Å². The second-order valence-corrected chi connectivity index (χ2v) is 2.70. The molecule has 1 unspecified atom stereocenters. The first-order chi connectivity index (χ1) is 4.57. The van der Waals surface area contributed by atoms with Gasteiger partial charge in [-0.15, -0.1) is 0 Å². The zero-order valence-electron chi connectivity index (χ0n) is 6.14. The third kappa shape index (κ3) is 3.39. The van der Waals surface area contributed by atoms with Crippen LogP contribution in [0.25, 0.3) is 0 Å². The average Bonchev–Trinajstić information content (AvgIpc) is 1.81. The van der Waals surface area contributed by atoms with E-state index in [1.54, 1.807) is 6.07 Å². The Morgan fingerprint density at radius 2 is 1.90 bits per heavy atom. The van der Waals surface area contributed by atoms with E-state index >= 15 is 0 Å². The summed E-state index contributed by atoms with van der Waals surface area (Å²) in [5.41, 5.74) is 0. The lowest BCUT2D eigenvalue weighted by Crippen LogP contribution is -2.11. The van der Waals surface area contributed by atoms with Crippen LogP contribution in [0.1, 0.15) is 20.3 Å². The molecule has 3 heteroatoms. The first kappa shape index (κ1) is 9.35. The molecule has 10 heavy (non-hydrogen) atoms. The van der Waals surface area contributed by atoms with Crippen LogP contribution in [-0.4, -0.2) is 6.43 Å². The van der Waals surface area contributed by atoms with E-state index in [-0.39, 0.29) is 12.3 Å². The van der Waals surface area contributed by atoms with E-state index in [1.807, 2.05) is 13.8 Å². The van der Waals surface area contributed by atoms with Gasteiger partial charge in [-0.1, -0.05) is 13.8 Å². The highest BCUT2D eigenvalue weighted by Crippen LogP contribution is 2.17. The maximum Gasteiger partial charge on any atom is 0.254 e. The monoisotopic (exact) mass is 147 g/mol. The summed E-state index contributed by atoms with van der Waals surface area (Å²) in [6.07, 6.45) is -2.21. The minimum Gasteiger partial charge on any atom is -0.209 e. The summed E-state index contributed by atoms with van der Waals surface area (Å²) < 4.78 is 23.7. The summed E-state index contributed by atoms with van der Waals surface area (Å²) in [5.74, 6) is -0.918. The maximum atomic E-state index is 11.8. The van der Waals surface area contributed by atoms with Gasteiger partial charge in [-0.3, -0.25) is 0 Å². The normalized spacial score (nSPS) is 13.7. The molecule has 0 spiro atoms. The van der Waals surface area contributed by atoms with Gasteiger partial charge >= 0.3 is 0 Å². The molecule has 0 rings (SSSR count). The summed E-state index contributed by atoms with van der Waals surface area (Å²) in [5, 5.41) is 8.22. The van der Waals surface area contributed by atoms with Gasteiger partial charge in [0, 0.05) is 0 Å². The lowest BCUT2D eigenvalue weighted by Gasteiger charge is -2.08. The van der Waals surface area contributed by atoms with E-state index in [4.69, 9.17) is 5.26 Å². The molecular weight excluding hydrogens is 136 g/mol.